The van der Waals surface area contributed by atoms with E-state index < -0.39 is 28.4 Å². The van der Waals surface area contributed by atoms with Crippen molar-refractivity contribution in [1.29, 1.82) is 0 Å². The molecule has 3 aromatic rings. The molecule has 0 unspecified atom stereocenters. The van der Waals surface area contributed by atoms with E-state index in [4.69, 9.17) is 0 Å². The summed E-state index contributed by atoms with van der Waals surface area (Å²) < 4.78 is 78.8. The molecule has 0 spiro atoms. The second-order valence-electron chi connectivity index (χ2n) is 9.26. The van der Waals surface area contributed by atoms with Gasteiger partial charge in [0.05, 0.1) is 28.3 Å². The zero-order valence-corrected chi connectivity index (χ0v) is 21.3. The van der Waals surface area contributed by atoms with Gasteiger partial charge in [-0.15, -0.1) is 0 Å². The van der Waals surface area contributed by atoms with Gasteiger partial charge in [-0.2, -0.15) is 13.2 Å². The third-order valence-electron chi connectivity index (χ3n) is 6.31. The second-order valence-corrected chi connectivity index (χ2v) is 11.3. The van der Waals surface area contributed by atoms with Gasteiger partial charge in [0.1, 0.15) is 12.4 Å². The van der Waals surface area contributed by atoms with E-state index in [0.29, 0.717) is 10.9 Å². The monoisotopic (exact) mass is 536 g/mol. The van der Waals surface area contributed by atoms with Crippen LogP contribution in [0.1, 0.15) is 18.5 Å². The lowest BCUT2D eigenvalue weighted by atomic mass is 10.0. The number of aromatic nitrogens is 1. The highest BCUT2D eigenvalue weighted by atomic mass is 32.2. The second kappa shape index (κ2) is 10.6. The van der Waals surface area contributed by atoms with Crippen LogP contribution >= 0.6 is 0 Å². The molecule has 6 nitrogen and oxygen atoms in total. The molecule has 1 aliphatic heterocycles. The van der Waals surface area contributed by atoms with Crippen LogP contribution in [-0.4, -0.2) is 63.0 Å². The number of alkyl halides is 3. The Labute approximate surface area is 213 Å². The number of fused-ring (bicyclic) bond motifs is 1. The summed E-state index contributed by atoms with van der Waals surface area (Å²) in [5.41, 5.74) is 1.43. The zero-order chi connectivity index (χ0) is 26.8. The molecule has 0 amide bonds. The number of rotatable bonds is 6. The van der Waals surface area contributed by atoms with Crippen molar-refractivity contribution in [3.05, 3.63) is 54.0 Å². The summed E-state index contributed by atoms with van der Waals surface area (Å²) >= 11 is 0. The van der Waals surface area contributed by atoms with Crippen molar-refractivity contribution in [3.8, 4) is 11.8 Å². The van der Waals surface area contributed by atoms with E-state index in [1.807, 2.05) is 6.07 Å². The SMILES string of the molecule is CN1CCC(Nc2cccc3c2cc(C#CCNc2ccc(S(C)(=O)=O)cc2F)n3CC(F)(F)F)CC1. The van der Waals surface area contributed by atoms with E-state index in [-0.39, 0.29) is 28.9 Å². The maximum Gasteiger partial charge on any atom is 0.406 e. The van der Waals surface area contributed by atoms with Crippen LogP contribution in [0.5, 0.6) is 0 Å². The van der Waals surface area contributed by atoms with Crippen LogP contribution in [-0.2, 0) is 16.4 Å². The van der Waals surface area contributed by atoms with Gasteiger partial charge >= 0.3 is 6.18 Å². The fourth-order valence-electron chi connectivity index (χ4n) is 4.38. The smallest absolute Gasteiger partial charge is 0.382 e. The highest BCUT2D eigenvalue weighted by molar-refractivity contribution is 7.90. The third kappa shape index (κ3) is 6.76. The molecule has 11 heteroatoms. The highest BCUT2D eigenvalue weighted by Crippen LogP contribution is 2.31. The van der Waals surface area contributed by atoms with Crippen LogP contribution in [0.25, 0.3) is 10.9 Å². The summed E-state index contributed by atoms with van der Waals surface area (Å²) in [5.74, 6) is 4.78. The van der Waals surface area contributed by atoms with E-state index in [0.717, 1.165) is 48.5 Å². The largest absolute Gasteiger partial charge is 0.406 e. The molecule has 0 aliphatic carbocycles. The predicted octanol–water partition coefficient (Wildman–Crippen LogP) is 4.72. The van der Waals surface area contributed by atoms with E-state index in [9.17, 15) is 26.0 Å². The summed E-state index contributed by atoms with van der Waals surface area (Å²) in [6.07, 6.45) is -1.58. The number of piperidine rings is 1. The molecule has 2 aromatic carbocycles. The summed E-state index contributed by atoms with van der Waals surface area (Å²) in [6.45, 7) is 0.657. The van der Waals surface area contributed by atoms with Crippen molar-refractivity contribution in [2.75, 3.05) is 43.6 Å². The molecular formula is C26H28F4N4O2S. The molecule has 0 saturated carbocycles. The minimum atomic E-state index is -4.44. The summed E-state index contributed by atoms with van der Waals surface area (Å²) in [4.78, 5) is 2.09. The molecule has 0 atom stereocenters. The van der Waals surface area contributed by atoms with Crippen molar-refractivity contribution >= 4 is 32.1 Å². The number of hydrogen-bond donors (Lipinski definition) is 2. The molecule has 2 N–H and O–H groups in total. The normalized spacial score (nSPS) is 15.4. The quantitative estimate of drug-likeness (QED) is 0.353. The molecule has 0 radical (unpaired) electrons. The minimum Gasteiger partial charge on any atom is -0.382 e. The fourth-order valence-corrected chi connectivity index (χ4v) is 5.01. The van der Waals surface area contributed by atoms with Gasteiger partial charge in [-0.3, -0.25) is 0 Å². The number of anilines is 2. The topological polar surface area (TPSA) is 66.4 Å². The number of likely N-dealkylation sites (tertiary alicyclic amines) is 1. The van der Waals surface area contributed by atoms with Crippen LogP contribution in [0.2, 0.25) is 0 Å². The Hall–Kier alpha value is -3.23. The first-order valence-corrected chi connectivity index (χ1v) is 13.7. The molecule has 1 saturated heterocycles. The fraction of sp³-hybridized carbons (Fsp3) is 0.385. The standard InChI is InChI=1S/C26H28F4N4O2S/c1-33-13-10-18(11-14-33)32-23-6-3-7-25-21(23)15-19(34(25)17-26(28,29)30)5-4-12-31-24-9-8-20(16-22(24)27)37(2,35)36/h3,6-9,15-16,18,31-32H,10-14,17H2,1-2H3. The van der Waals surface area contributed by atoms with E-state index in [2.05, 4.69) is 34.4 Å². The first-order chi connectivity index (χ1) is 17.4. The van der Waals surface area contributed by atoms with Crippen LogP contribution in [0.15, 0.2) is 47.4 Å². The Balaban J connectivity index is 1.58. The Morgan fingerprint density at radius 1 is 1.08 bits per heavy atom. The molecule has 0 bridgehead atoms. The van der Waals surface area contributed by atoms with Crippen molar-refractivity contribution < 1.29 is 26.0 Å². The first-order valence-electron chi connectivity index (χ1n) is 11.8. The van der Waals surface area contributed by atoms with Gasteiger partial charge in [0.15, 0.2) is 9.84 Å². The van der Waals surface area contributed by atoms with Crippen LogP contribution in [0, 0.1) is 17.7 Å². The van der Waals surface area contributed by atoms with Crippen molar-refractivity contribution in [1.82, 2.24) is 9.47 Å². The molecule has 37 heavy (non-hydrogen) atoms. The maximum atomic E-state index is 14.3. The average Bonchev–Trinajstić information content (AvgIpc) is 3.15. The number of halogens is 4. The minimum absolute atomic E-state index is 0.0437. The van der Waals surface area contributed by atoms with Crippen molar-refractivity contribution in [2.45, 2.75) is 36.5 Å². The zero-order valence-electron chi connectivity index (χ0n) is 20.5. The Kier molecular flexibility index (Phi) is 7.71. The number of sulfone groups is 1. The van der Waals surface area contributed by atoms with E-state index >= 15 is 0 Å². The van der Waals surface area contributed by atoms with Gasteiger partial charge in [-0.25, -0.2) is 12.8 Å². The Morgan fingerprint density at radius 2 is 1.81 bits per heavy atom. The van der Waals surface area contributed by atoms with Gasteiger partial charge in [0.2, 0.25) is 0 Å². The average molecular weight is 537 g/mol. The van der Waals surface area contributed by atoms with Crippen molar-refractivity contribution in [2.24, 2.45) is 0 Å². The van der Waals surface area contributed by atoms with Crippen LogP contribution in [0.4, 0.5) is 28.9 Å². The molecule has 1 fully saturated rings. The highest BCUT2D eigenvalue weighted by Gasteiger charge is 2.30. The van der Waals surface area contributed by atoms with Crippen LogP contribution < -0.4 is 10.6 Å². The summed E-state index contributed by atoms with van der Waals surface area (Å²) in [7, 11) is -1.49. The first kappa shape index (κ1) is 26.8. The van der Waals surface area contributed by atoms with Gasteiger partial charge in [-0.05, 0) is 75.3 Å². The molecular weight excluding hydrogens is 508 g/mol. The number of nitrogens with one attached hydrogen (secondary N) is 2. The molecule has 2 heterocycles. The van der Waals surface area contributed by atoms with Crippen molar-refractivity contribution in [3.63, 3.8) is 0 Å². The Morgan fingerprint density at radius 3 is 2.46 bits per heavy atom. The third-order valence-corrected chi connectivity index (χ3v) is 7.42. The van der Waals surface area contributed by atoms with Gasteiger partial charge in [0.25, 0.3) is 0 Å². The lowest BCUT2D eigenvalue weighted by molar-refractivity contribution is -0.140. The van der Waals surface area contributed by atoms with Gasteiger partial charge in [-0.1, -0.05) is 12.0 Å². The predicted molar refractivity (Wildman–Crippen MR) is 137 cm³/mol. The van der Waals surface area contributed by atoms with E-state index in [1.54, 1.807) is 18.2 Å². The molecule has 1 aliphatic rings. The molecule has 1 aromatic heterocycles. The summed E-state index contributed by atoms with van der Waals surface area (Å²) in [5, 5.41) is 6.89. The van der Waals surface area contributed by atoms with Gasteiger partial charge < -0.3 is 20.1 Å². The number of benzene rings is 2. The lowest BCUT2D eigenvalue weighted by Crippen LogP contribution is -2.36. The maximum absolute atomic E-state index is 14.3. The lowest BCUT2D eigenvalue weighted by Gasteiger charge is -2.30. The summed E-state index contributed by atoms with van der Waals surface area (Å²) in [6, 6.07) is 10.6. The number of hydrogen-bond acceptors (Lipinski definition) is 5. The number of nitrogens with zero attached hydrogens (tertiary/aromatic N) is 2. The van der Waals surface area contributed by atoms with Gasteiger partial charge in [0, 0.05) is 23.4 Å². The Bertz CT molecular complexity index is 1450. The van der Waals surface area contributed by atoms with Crippen LogP contribution in [0.3, 0.4) is 0 Å². The molecule has 198 valence electrons. The molecule has 4 rings (SSSR count). The van der Waals surface area contributed by atoms with E-state index in [1.165, 1.54) is 12.1 Å².